The number of allylic oxidation sites excluding steroid dienone is 2. The Kier molecular flexibility index (Phi) is 4.61. The van der Waals surface area contributed by atoms with Crippen molar-refractivity contribution in [1.29, 1.82) is 0 Å². The summed E-state index contributed by atoms with van der Waals surface area (Å²) in [5, 5.41) is 22.8. The van der Waals surface area contributed by atoms with Gasteiger partial charge in [0.05, 0.1) is 21.0 Å². The molecule has 0 saturated heterocycles. The van der Waals surface area contributed by atoms with Crippen molar-refractivity contribution < 1.29 is 19.4 Å². The Hall–Kier alpha value is -3.16. The van der Waals surface area contributed by atoms with Gasteiger partial charge in [-0.1, -0.05) is 41.2 Å². The summed E-state index contributed by atoms with van der Waals surface area (Å²) in [6, 6.07) is 11.0. The van der Waals surface area contributed by atoms with Crippen LogP contribution in [0.4, 0.5) is 4.39 Å². The van der Waals surface area contributed by atoms with Crippen LogP contribution in [0, 0.1) is 23.6 Å². The molecule has 166 valence electrons. The number of aromatic nitrogens is 2. The highest BCUT2D eigenvalue weighted by Gasteiger charge is 2.43. The number of nitrogens with zero attached hydrogens (tertiary/aromatic N) is 2. The molecule has 1 fully saturated rings. The molecular weight excluding hydrogens is 463 g/mol. The SMILES string of the molecule is O=C(c1c(O)c(O)n(-c2nc3c(Cl)cccc3s2)c1-c1ccc(F)cc1)C1CC2C=CC1C2. The summed E-state index contributed by atoms with van der Waals surface area (Å²) in [5.74, 6) is -1.41. The number of benzene rings is 2. The second-order valence-corrected chi connectivity index (χ2v) is 9.99. The second-order valence-electron chi connectivity index (χ2n) is 8.57. The predicted molar refractivity (Wildman–Crippen MR) is 126 cm³/mol. The molecule has 4 aromatic rings. The molecule has 2 heterocycles. The fourth-order valence-electron chi connectivity index (χ4n) is 5.11. The molecule has 0 aliphatic heterocycles. The molecule has 1 saturated carbocycles. The Bertz CT molecular complexity index is 1460. The first-order valence-corrected chi connectivity index (χ1v) is 11.8. The summed E-state index contributed by atoms with van der Waals surface area (Å²) in [5.41, 5.74) is 1.37. The number of ketones is 1. The van der Waals surface area contributed by atoms with Crippen LogP contribution in [0.5, 0.6) is 11.6 Å². The van der Waals surface area contributed by atoms with Gasteiger partial charge < -0.3 is 10.2 Å². The van der Waals surface area contributed by atoms with E-state index in [4.69, 9.17) is 11.6 Å². The molecule has 0 spiro atoms. The van der Waals surface area contributed by atoms with Crippen LogP contribution in [0.15, 0.2) is 54.6 Å². The van der Waals surface area contributed by atoms with Gasteiger partial charge in [-0.2, -0.15) is 0 Å². The minimum absolute atomic E-state index is 0.0374. The largest absolute Gasteiger partial charge is 0.503 e. The molecule has 2 aliphatic carbocycles. The molecule has 8 heteroatoms. The van der Waals surface area contributed by atoms with Gasteiger partial charge in [-0.15, -0.1) is 0 Å². The first-order valence-electron chi connectivity index (χ1n) is 10.6. The maximum absolute atomic E-state index is 13.7. The van der Waals surface area contributed by atoms with Crippen LogP contribution < -0.4 is 0 Å². The van der Waals surface area contributed by atoms with Crippen molar-refractivity contribution in [3.05, 3.63) is 71.0 Å². The van der Waals surface area contributed by atoms with E-state index in [1.807, 2.05) is 6.07 Å². The Morgan fingerprint density at radius 1 is 1.12 bits per heavy atom. The Balaban J connectivity index is 1.60. The highest BCUT2D eigenvalue weighted by atomic mass is 35.5. The number of hydrogen-bond acceptors (Lipinski definition) is 5. The van der Waals surface area contributed by atoms with Crippen LogP contribution in [0.2, 0.25) is 5.02 Å². The Morgan fingerprint density at radius 2 is 1.91 bits per heavy atom. The van der Waals surface area contributed by atoms with Gasteiger partial charge in [-0.25, -0.2) is 9.37 Å². The number of thiazole rings is 1. The number of para-hydroxylation sites is 1. The molecule has 0 amide bonds. The fraction of sp³-hybridized carbons (Fsp3) is 0.200. The van der Waals surface area contributed by atoms with Crippen molar-refractivity contribution in [3.63, 3.8) is 0 Å². The lowest BCUT2D eigenvalue weighted by Crippen LogP contribution is -2.19. The summed E-state index contributed by atoms with van der Waals surface area (Å²) in [6.45, 7) is 0. The molecule has 2 bridgehead atoms. The van der Waals surface area contributed by atoms with Crippen LogP contribution >= 0.6 is 22.9 Å². The number of Topliss-reactive ketones (excluding diaryl/α,β-unsaturated/α-hetero) is 1. The smallest absolute Gasteiger partial charge is 0.242 e. The third kappa shape index (κ3) is 3.10. The number of hydrogen-bond donors (Lipinski definition) is 2. The molecule has 2 aromatic heterocycles. The third-order valence-electron chi connectivity index (χ3n) is 6.65. The number of carbonyl (C=O) groups is 1. The maximum atomic E-state index is 13.7. The number of fused-ring (bicyclic) bond motifs is 3. The van der Waals surface area contributed by atoms with Gasteiger partial charge in [0.25, 0.3) is 0 Å². The lowest BCUT2D eigenvalue weighted by Gasteiger charge is -2.17. The van der Waals surface area contributed by atoms with Crippen LogP contribution in [0.25, 0.3) is 26.6 Å². The standard InChI is InChI=1S/C25H18ClFN2O3S/c26-17-2-1-3-18-20(17)28-25(33-18)29-21(13-6-8-15(27)9-7-13)19(23(31)24(29)32)22(30)16-11-12-4-5-14(16)10-12/h1-9,12,14,16,31-32H,10-11H2. The topological polar surface area (TPSA) is 75.3 Å². The summed E-state index contributed by atoms with van der Waals surface area (Å²) in [7, 11) is 0. The number of rotatable bonds is 4. The average molecular weight is 481 g/mol. The number of halogens is 2. The molecule has 6 rings (SSSR count). The van der Waals surface area contributed by atoms with Crippen molar-refractivity contribution >= 4 is 38.9 Å². The molecule has 3 atom stereocenters. The molecule has 2 N–H and O–H groups in total. The Labute approximate surface area is 197 Å². The van der Waals surface area contributed by atoms with Gasteiger partial charge in [0, 0.05) is 5.92 Å². The lowest BCUT2D eigenvalue weighted by molar-refractivity contribution is 0.0899. The number of aromatic hydroxyl groups is 2. The molecule has 33 heavy (non-hydrogen) atoms. The zero-order valence-corrected chi connectivity index (χ0v) is 18.8. The average Bonchev–Trinajstić information content (AvgIpc) is 3.58. The highest BCUT2D eigenvalue weighted by Crippen LogP contribution is 2.50. The normalized spacial score (nSPS) is 21.3. The molecular formula is C25H18ClFN2O3S. The quantitative estimate of drug-likeness (QED) is 0.263. The van der Waals surface area contributed by atoms with E-state index in [1.165, 1.54) is 40.2 Å². The van der Waals surface area contributed by atoms with Crippen molar-refractivity contribution in [3.8, 4) is 28.0 Å². The maximum Gasteiger partial charge on any atom is 0.242 e. The van der Waals surface area contributed by atoms with Crippen molar-refractivity contribution in [2.24, 2.45) is 17.8 Å². The zero-order chi connectivity index (χ0) is 22.9. The Morgan fingerprint density at radius 3 is 2.58 bits per heavy atom. The van der Waals surface area contributed by atoms with Gasteiger partial charge in [0.1, 0.15) is 11.3 Å². The monoisotopic (exact) mass is 480 g/mol. The predicted octanol–water partition coefficient (Wildman–Crippen LogP) is 6.35. The van der Waals surface area contributed by atoms with Gasteiger partial charge in [0.15, 0.2) is 16.7 Å². The summed E-state index contributed by atoms with van der Waals surface area (Å²) in [6.07, 6.45) is 5.84. The summed E-state index contributed by atoms with van der Waals surface area (Å²) in [4.78, 5) is 18.3. The highest BCUT2D eigenvalue weighted by molar-refractivity contribution is 7.21. The molecule has 3 unspecified atom stereocenters. The summed E-state index contributed by atoms with van der Waals surface area (Å²) < 4.78 is 15.8. The third-order valence-corrected chi connectivity index (χ3v) is 7.96. The van der Waals surface area contributed by atoms with Gasteiger partial charge in [-0.3, -0.25) is 9.36 Å². The van der Waals surface area contributed by atoms with Crippen molar-refractivity contribution in [2.45, 2.75) is 12.8 Å². The minimum atomic E-state index is -0.489. The molecule has 2 aromatic carbocycles. The molecule has 2 aliphatic rings. The first-order chi connectivity index (χ1) is 15.9. The van der Waals surface area contributed by atoms with Gasteiger partial charge in [-0.05, 0) is 66.6 Å². The summed E-state index contributed by atoms with van der Waals surface area (Å²) >= 11 is 7.57. The van der Waals surface area contributed by atoms with Crippen molar-refractivity contribution in [2.75, 3.05) is 0 Å². The second kappa shape index (κ2) is 7.43. The van der Waals surface area contributed by atoms with Crippen LogP contribution in [-0.4, -0.2) is 25.5 Å². The lowest BCUT2D eigenvalue weighted by atomic mass is 9.85. The van der Waals surface area contributed by atoms with E-state index in [9.17, 15) is 19.4 Å². The van der Waals surface area contributed by atoms with E-state index in [1.54, 1.807) is 12.1 Å². The van der Waals surface area contributed by atoms with Crippen LogP contribution in [-0.2, 0) is 0 Å². The van der Waals surface area contributed by atoms with Crippen molar-refractivity contribution in [1.82, 2.24) is 9.55 Å². The van der Waals surface area contributed by atoms with E-state index in [0.29, 0.717) is 33.6 Å². The molecule has 0 radical (unpaired) electrons. The van der Waals surface area contributed by atoms with E-state index in [2.05, 4.69) is 17.1 Å². The van der Waals surface area contributed by atoms with E-state index < -0.39 is 17.4 Å². The zero-order valence-electron chi connectivity index (χ0n) is 17.2. The van der Waals surface area contributed by atoms with Crippen LogP contribution in [0.3, 0.4) is 0 Å². The number of carbonyl (C=O) groups excluding carboxylic acids is 1. The van der Waals surface area contributed by atoms with Gasteiger partial charge >= 0.3 is 0 Å². The van der Waals surface area contributed by atoms with E-state index >= 15 is 0 Å². The molecule has 5 nitrogen and oxygen atoms in total. The van der Waals surface area contributed by atoms with Gasteiger partial charge in [0.2, 0.25) is 5.88 Å². The van der Waals surface area contributed by atoms with Crippen LogP contribution in [0.1, 0.15) is 23.2 Å². The minimum Gasteiger partial charge on any atom is -0.503 e. The fourth-order valence-corrected chi connectivity index (χ4v) is 6.39. The first kappa shape index (κ1) is 20.4. The van der Waals surface area contributed by atoms with E-state index in [-0.39, 0.29) is 28.9 Å². The van der Waals surface area contributed by atoms with E-state index in [0.717, 1.165) is 11.1 Å².